The van der Waals surface area contributed by atoms with E-state index in [1.54, 1.807) is 6.92 Å². The van der Waals surface area contributed by atoms with Crippen LogP contribution < -0.4 is 0 Å². The summed E-state index contributed by atoms with van der Waals surface area (Å²) in [5.74, 6) is -0.612. The van der Waals surface area contributed by atoms with E-state index < -0.39 is 31.9 Å². The largest absolute Gasteiger partial charge is 0.507 e. The highest BCUT2D eigenvalue weighted by Gasteiger charge is 2.37. The summed E-state index contributed by atoms with van der Waals surface area (Å²) in [6, 6.07) is 3.00. The number of sulfone groups is 1. The Morgan fingerprint density at radius 2 is 1.48 bits per heavy atom. The van der Waals surface area contributed by atoms with Crippen LogP contribution in [0.1, 0.15) is 79.4 Å². The van der Waals surface area contributed by atoms with Crippen LogP contribution in [-0.4, -0.2) is 31.4 Å². The fraction of sp³-hybridized carbons (Fsp3) is 0.667. The smallest absolute Gasteiger partial charge is 0.324 e. The molecular formula is C21H34O5S. The number of esters is 1. The molecule has 1 rings (SSSR count). The number of benzene rings is 1. The summed E-state index contributed by atoms with van der Waals surface area (Å²) in [5.41, 5.74) is 0.180. The van der Waals surface area contributed by atoms with Gasteiger partial charge in [-0.25, -0.2) is 8.42 Å². The highest BCUT2D eigenvalue weighted by molar-refractivity contribution is 7.92. The summed E-state index contributed by atoms with van der Waals surface area (Å²) < 4.78 is 31.7. The molecule has 0 amide bonds. The van der Waals surface area contributed by atoms with E-state index in [1.165, 1.54) is 12.1 Å². The molecule has 5 nitrogen and oxygen atoms in total. The molecule has 1 aromatic rings. The summed E-state index contributed by atoms with van der Waals surface area (Å²) in [6.45, 7) is 15.1. The Hall–Kier alpha value is -1.56. The summed E-state index contributed by atoms with van der Waals surface area (Å²) in [5, 5.41) is 9.56. The molecule has 0 aliphatic rings. The molecular weight excluding hydrogens is 364 g/mol. The molecule has 154 valence electrons. The van der Waals surface area contributed by atoms with Crippen molar-refractivity contribution in [1.29, 1.82) is 0 Å². The fourth-order valence-electron chi connectivity index (χ4n) is 2.98. The zero-order chi connectivity index (χ0) is 21.2. The van der Waals surface area contributed by atoms with Crippen molar-refractivity contribution in [2.75, 3.05) is 6.61 Å². The zero-order valence-corrected chi connectivity index (χ0v) is 18.7. The van der Waals surface area contributed by atoms with E-state index in [0.29, 0.717) is 17.5 Å². The molecule has 0 aromatic heterocycles. The normalized spacial score (nSPS) is 14.1. The van der Waals surface area contributed by atoms with Gasteiger partial charge in [-0.15, -0.1) is 0 Å². The molecule has 0 heterocycles. The van der Waals surface area contributed by atoms with Gasteiger partial charge in [-0.2, -0.15) is 0 Å². The Morgan fingerprint density at radius 1 is 1.04 bits per heavy atom. The van der Waals surface area contributed by atoms with Crippen LogP contribution >= 0.6 is 0 Å². The first-order valence-corrected chi connectivity index (χ1v) is 11.0. The van der Waals surface area contributed by atoms with Gasteiger partial charge in [0.25, 0.3) is 0 Å². The standard InChI is InChI=1S/C21H34O5S/c1-9-11-17(19(23)26-10-2)27(24,25)14-12-15(20(3,4)5)18(22)16(13-14)21(6,7)8/h12-13,17,22H,9-11H2,1-8H3. The predicted molar refractivity (Wildman–Crippen MR) is 108 cm³/mol. The summed E-state index contributed by atoms with van der Waals surface area (Å²) in [7, 11) is -3.95. The Morgan fingerprint density at radius 3 is 1.81 bits per heavy atom. The van der Waals surface area contributed by atoms with Gasteiger partial charge < -0.3 is 9.84 Å². The third-order valence-electron chi connectivity index (χ3n) is 4.50. The maximum Gasteiger partial charge on any atom is 0.324 e. The van der Waals surface area contributed by atoms with Crippen molar-refractivity contribution in [2.24, 2.45) is 0 Å². The van der Waals surface area contributed by atoms with E-state index in [1.807, 2.05) is 48.5 Å². The van der Waals surface area contributed by atoms with Crippen molar-refractivity contribution < 1.29 is 23.1 Å². The van der Waals surface area contributed by atoms with Crippen molar-refractivity contribution in [1.82, 2.24) is 0 Å². The zero-order valence-electron chi connectivity index (χ0n) is 17.8. The second-order valence-electron chi connectivity index (χ2n) is 8.94. The maximum atomic E-state index is 13.3. The molecule has 0 fully saturated rings. The van der Waals surface area contributed by atoms with E-state index in [2.05, 4.69) is 0 Å². The van der Waals surface area contributed by atoms with Crippen molar-refractivity contribution in [3.05, 3.63) is 23.3 Å². The lowest BCUT2D eigenvalue weighted by atomic mass is 9.79. The molecule has 0 aliphatic heterocycles. The van der Waals surface area contributed by atoms with Crippen LogP contribution in [0, 0.1) is 0 Å². The molecule has 27 heavy (non-hydrogen) atoms. The van der Waals surface area contributed by atoms with Crippen LogP contribution in [0.3, 0.4) is 0 Å². The van der Waals surface area contributed by atoms with Gasteiger partial charge in [-0.05, 0) is 36.3 Å². The Bertz CT molecular complexity index is 745. The summed E-state index contributed by atoms with van der Waals surface area (Å²) in [6.07, 6.45) is 0.733. The molecule has 0 saturated carbocycles. The predicted octanol–water partition coefficient (Wildman–Crippen LogP) is 4.49. The third-order valence-corrected chi connectivity index (χ3v) is 6.57. The topological polar surface area (TPSA) is 80.7 Å². The van der Waals surface area contributed by atoms with E-state index in [9.17, 15) is 18.3 Å². The van der Waals surface area contributed by atoms with E-state index in [0.717, 1.165) is 0 Å². The second-order valence-corrected chi connectivity index (χ2v) is 11.1. The van der Waals surface area contributed by atoms with Crippen LogP contribution in [0.2, 0.25) is 0 Å². The second kappa shape index (κ2) is 8.21. The van der Waals surface area contributed by atoms with Gasteiger partial charge in [0.1, 0.15) is 5.75 Å². The van der Waals surface area contributed by atoms with Crippen molar-refractivity contribution in [3.8, 4) is 5.75 Å². The first kappa shape index (κ1) is 23.5. The van der Waals surface area contributed by atoms with Crippen LogP contribution in [0.4, 0.5) is 0 Å². The molecule has 1 aromatic carbocycles. The minimum Gasteiger partial charge on any atom is -0.507 e. The lowest BCUT2D eigenvalue weighted by Crippen LogP contribution is -2.32. The van der Waals surface area contributed by atoms with E-state index >= 15 is 0 Å². The quantitative estimate of drug-likeness (QED) is 0.714. The van der Waals surface area contributed by atoms with E-state index in [4.69, 9.17) is 4.74 Å². The highest BCUT2D eigenvalue weighted by Crippen LogP contribution is 2.41. The molecule has 0 bridgehead atoms. The van der Waals surface area contributed by atoms with Crippen molar-refractivity contribution >= 4 is 15.8 Å². The number of carbonyl (C=O) groups excluding carboxylic acids is 1. The third kappa shape index (κ3) is 5.24. The Labute approximate surface area is 164 Å². The van der Waals surface area contributed by atoms with Gasteiger partial charge in [-0.3, -0.25) is 4.79 Å². The summed E-state index contributed by atoms with van der Waals surface area (Å²) >= 11 is 0. The maximum absolute atomic E-state index is 13.3. The number of phenolic OH excluding ortho intramolecular Hbond substituents is 1. The molecule has 0 aliphatic carbocycles. The summed E-state index contributed by atoms with van der Waals surface area (Å²) in [4.78, 5) is 12.4. The van der Waals surface area contributed by atoms with Gasteiger partial charge in [0, 0.05) is 11.1 Å². The van der Waals surface area contributed by atoms with Crippen LogP contribution in [0.25, 0.3) is 0 Å². The SMILES string of the molecule is CCCC(C(=O)OCC)S(=O)(=O)c1cc(C(C)(C)C)c(O)c(C(C)(C)C)c1. The Kier molecular flexibility index (Phi) is 7.14. The number of rotatable bonds is 6. The van der Waals surface area contributed by atoms with Gasteiger partial charge in [0.05, 0.1) is 11.5 Å². The molecule has 1 N–H and O–H groups in total. The molecule has 0 saturated heterocycles. The van der Waals surface area contributed by atoms with Crippen LogP contribution in [-0.2, 0) is 30.2 Å². The number of aromatic hydroxyl groups is 1. The monoisotopic (exact) mass is 398 g/mol. The molecule has 0 spiro atoms. The van der Waals surface area contributed by atoms with Crippen molar-refractivity contribution in [3.63, 3.8) is 0 Å². The first-order valence-electron chi connectivity index (χ1n) is 9.46. The first-order chi connectivity index (χ1) is 12.2. The lowest BCUT2D eigenvalue weighted by Gasteiger charge is -2.28. The van der Waals surface area contributed by atoms with Crippen molar-refractivity contribution in [2.45, 2.75) is 89.2 Å². The Balaban J connectivity index is 3.75. The van der Waals surface area contributed by atoms with Gasteiger partial charge >= 0.3 is 5.97 Å². The average Bonchev–Trinajstić information content (AvgIpc) is 2.50. The number of ether oxygens (including phenoxy) is 1. The van der Waals surface area contributed by atoms with Crippen LogP contribution in [0.5, 0.6) is 5.75 Å². The number of carbonyl (C=O) groups is 1. The number of hydrogen-bond donors (Lipinski definition) is 1. The van der Waals surface area contributed by atoms with Gasteiger partial charge in [0.2, 0.25) is 0 Å². The molecule has 6 heteroatoms. The van der Waals surface area contributed by atoms with Gasteiger partial charge in [0.15, 0.2) is 15.1 Å². The molecule has 1 unspecified atom stereocenters. The highest BCUT2D eigenvalue weighted by atomic mass is 32.2. The fourth-order valence-corrected chi connectivity index (χ4v) is 4.74. The lowest BCUT2D eigenvalue weighted by molar-refractivity contribution is -0.142. The minimum atomic E-state index is -3.95. The number of hydrogen-bond acceptors (Lipinski definition) is 5. The average molecular weight is 399 g/mol. The minimum absolute atomic E-state index is 0.0571. The molecule has 0 radical (unpaired) electrons. The van der Waals surface area contributed by atoms with Crippen LogP contribution in [0.15, 0.2) is 17.0 Å². The van der Waals surface area contributed by atoms with Gasteiger partial charge in [-0.1, -0.05) is 54.9 Å². The molecule has 1 atom stereocenters. The van der Waals surface area contributed by atoms with E-state index in [-0.39, 0.29) is 23.7 Å². The number of phenols is 1.